The third-order valence-corrected chi connectivity index (χ3v) is 2.10. The summed E-state index contributed by atoms with van der Waals surface area (Å²) >= 11 is 0. The molecule has 0 spiro atoms. The summed E-state index contributed by atoms with van der Waals surface area (Å²) in [5, 5.41) is 2.00. The average molecular weight is 268 g/mol. The zero-order valence-corrected chi connectivity index (χ0v) is 9.00. The first-order valence-electron chi connectivity index (χ1n) is 4.91. The first-order chi connectivity index (χ1) is 8.41. The number of amides is 1. The van der Waals surface area contributed by atoms with Gasteiger partial charge in [-0.05, 0) is 13.0 Å². The minimum atomic E-state index is -2.30. The van der Waals surface area contributed by atoms with E-state index in [1.54, 1.807) is 0 Å². The molecule has 3 N–H and O–H groups in total. The number of halogens is 5. The highest BCUT2D eigenvalue weighted by Crippen LogP contribution is 2.22. The fraction of sp³-hybridized carbons (Fsp3) is 0.300. The molecule has 0 heterocycles. The second-order valence-electron chi connectivity index (χ2n) is 3.34. The van der Waals surface area contributed by atoms with Crippen molar-refractivity contribution in [2.45, 2.75) is 6.42 Å². The lowest BCUT2D eigenvalue weighted by molar-refractivity contribution is 0.0941. The summed E-state index contributed by atoms with van der Waals surface area (Å²) in [5.74, 6) is -12.3. The Morgan fingerprint density at radius 2 is 1.39 bits per heavy atom. The molecule has 0 atom stereocenters. The third kappa shape index (κ3) is 2.58. The summed E-state index contributed by atoms with van der Waals surface area (Å²) in [5.41, 5.74) is 3.62. The molecule has 1 rings (SSSR count). The topological polar surface area (TPSA) is 55.1 Å². The van der Waals surface area contributed by atoms with Crippen LogP contribution in [0.4, 0.5) is 22.0 Å². The number of nitrogens with one attached hydrogen (secondary N) is 1. The zero-order valence-electron chi connectivity index (χ0n) is 9.00. The standard InChI is InChI=1S/C10H9F5N2O/c11-5-4(10(18)17-3-1-2-16)6(12)8(14)9(15)7(5)13/h1-3,16H2,(H,17,18). The molecule has 0 saturated carbocycles. The second kappa shape index (κ2) is 5.76. The summed E-state index contributed by atoms with van der Waals surface area (Å²) in [6, 6.07) is 0. The lowest BCUT2D eigenvalue weighted by Gasteiger charge is -2.08. The van der Waals surface area contributed by atoms with Crippen molar-refractivity contribution in [1.82, 2.24) is 5.32 Å². The van der Waals surface area contributed by atoms with Crippen LogP contribution in [-0.4, -0.2) is 19.0 Å². The smallest absolute Gasteiger partial charge is 0.257 e. The van der Waals surface area contributed by atoms with Gasteiger partial charge in [0.25, 0.3) is 5.91 Å². The van der Waals surface area contributed by atoms with E-state index >= 15 is 0 Å². The zero-order chi connectivity index (χ0) is 13.9. The van der Waals surface area contributed by atoms with Crippen molar-refractivity contribution in [3.8, 4) is 0 Å². The maximum Gasteiger partial charge on any atom is 0.257 e. The van der Waals surface area contributed by atoms with Crippen LogP contribution in [0.5, 0.6) is 0 Å². The van der Waals surface area contributed by atoms with E-state index in [-0.39, 0.29) is 13.1 Å². The second-order valence-corrected chi connectivity index (χ2v) is 3.34. The molecule has 0 aliphatic rings. The van der Waals surface area contributed by atoms with Gasteiger partial charge in [0.1, 0.15) is 5.56 Å². The van der Waals surface area contributed by atoms with Gasteiger partial charge >= 0.3 is 0 Å². The molecule has 0 fully saturated rings. The Balaban J connectivity index is 3.13. The van der Waals surface area contributed by atoms with Crippen molar-refractivity contribution < 1.29 is 26.7 Å². The number of rotatable bonds is 4. The number of carbonyl (C=O) groups is 1. The number of nitrogens with two attached hydrogens (primary N) is 1. The van der Waals surface area contributed by atoms with E-state index in [0.717, 1.165) is 0 Å². The minimum Gasteiger partial charge on any atom is -0.352 e. The maximum absolute atomic E-state index is 13.2. The molecule has 18 heavy (non-hydrogen) atoms. The van der Waals surface area contributed by atoms with Crippen LogP contribution in [0.3, 0.4) is 0 Å². The van der Waals surface area contributed by atoms with Crippen LogP contribution in [0.2, 0.25) is 0 Å². The Morgan fingerprint density at radius 3 is 1.83 bits per heavy atom. The Morgan fingerprint density at radius 1 is 0.944 bits per heavy atom. The van der Waals surface area contributed by atoms with Crippen LogP contribution in [-0.2, 0) is 0 Å². The van der Waals surface area contributed by atoms with Gasteiger partial charge in [-0.2, -0.15) is 0 Å². The Bertz CT molecular complexity index is 449. The normalized spacial score (nSPS) is 10.6. The third-order valence-electron chi connectivity index (χ3n) is 2.10. The molecule has 0 aliphatic carbocycles. The van der Waals surface area contributed by atoms with E-state index in [4.69, 9.17) is 5.73 Å². The van der Waals surface area contributed by atoms with E-state index in [0.29, 0.717) is 6.42 Å². The first kappa shape index (κ1) is 14.4. The van der Waals surface area contributed by atoms with Gasteiger partial charge in [0.05, 0.1) is 0 Å². The van der Waals surface area contributed by atoms with Crippen molar-refractivity contribution >= 4 is 5.91 Å². The molecule has 1 amide bonds. The minimum absolute atomic E-state index is 0.0329. The predicted molar refractivity (Wildman–Crippen MR) is 52.2 cm³/mol. The Labute approximate surface area is 98.8 Å². The van der Waals surface area contributed by atoms with Crippen LogP contribution in [0.25, 0.3) is 0 Å². The quantitative estimate of drug-likeness (QED) is 0.376. The molecule has 0 radical (unpaired) electrons. The molecule has 8 heteroatoms. The predicted octanol–water partition coefficient (Wildman–Crippen LogP) is 1.46. The summed E-state index contributed by atoms with van der Waals surface area (Å²) in [6.07, 6.45) is 0.307. The highest BCUT2D eigenvalue weighted by molar-refractivity contribution is 5.94. The van der Waals surface area contributed by atoms with Crippen LogP contribution in [0.1, 0.15) is 16.8 Å². The van der Waals surface area contributed by atoms with Crippen LogP contribution in [0, 0.1) is 29.1 Å². The highest BCUT2D eigenvalue weighted by Gasteiger charge is 2.29. The van der Waals surface area contributed by atoms with Crippen molar-refractivity contribution in [2.24, 2.45) is 5.73 Å². The van der Waals surface area contributed by atoms with Crippen molar-refractivity contribution in [2.75, 3.05) is 13.1 Å². The van der Waals surface area contributed by atoms with Crippen LogP contribution < -0.4 is 11.1 Å². The molecule has 0 aliphatic heterocycles. The molecular weight excluding hydrogens is 259 g/mol. The van der Waals surface area contributed by atoms with Gasteiger partial charge in [0.2, 0.25) is 5.82 Å². The Kier molecular flexibility index (Phi) is 4.60. The SMILES string of the molecule is NCCCNC(=O)c1c(F)c(F)c(F)c(F)c1F. The summed E-state index contributed by atoms with van der Waals surface area (Å²) < 4.78 is 64.6. The molecular formula is C10H9F5N2O. The number of hydrogen-bond acceptors (Lipinski definition) is 2. The lowest BCUT2D eigenvalue weighted by Crippen LogP contribution is -2.29. The Hall–Kier alpha value is -1.70. The van der Waals surface area contributed by atoms with Gasteiger partial charge in [-0.25, -0.2) is 22.0 Å². The summed E-state index contributed by atoms with van der Waals surface area (Å²) in [4.78, 5) is 11.3. The van der Waals surface area contributed by atoms with Gasteiger partial charge in [0, 0.05) is 6.54 Å². The number of hydrogen-bond donors (Lipinski definition) is 2. The highest BCUT2D eigenvalue weighted by atomic mass is 19.2. The van der Waals surface area contributed by atoms with Gasteiger partial charge in [-0.15, -0.1) is 0 Å². The summed E-state index contributed by atoms with van der Waals surface area (Å²) in [7, 11) is 0. The molecule has 0 aromatic heterocycles. The van der Waals surface area contributed by atoms with E-state index in [9.17, 15) is 26.7 Å². The van der Waals surface area contributed by atoms with E-state index in [2.05, 4.69) is 0 Å². The molecule has 1 aromatic carbocycles. The van der Waals surface area contributed by atoms with Crippen LogP contribution in [0.15, 0.2) is 0 Å². The van der Waals surface area contributed by atoms with Gasteiger partial charge < -0.3 is 11.1 Å². The van der Waals surface area contributed by atoms with Gasteiger partial charge in [-0.1, -0.05) is 0 Å². The van der Waals surface area contributed by atoms with Gasteiger partial charge in [-0.3, -0.25) is 4.79 Å². The van der Waals surface area contributed by atoms with Crippen molar-refractivity contribution in [1.29, 1.82) is 0 Å². The van der Waals surface area contributed by atoms with E-state index < -0.39 is 40.6 Å². The summed E-state index contributed by atoms with van der Waals surface area (Å²) in [6.45, 7) is 0.173. The molecule has 3 nitrogen and oxygen atoms in total. The van der Waals surface area contributed by atoms with Gasteiger partial charge in [0.15, 0.2) is 23.3 Å². The lowest BCUT2D eigenvalue weighted by atomic mass is 10.1. The molecule has 1 aromatic rings. The number of carbonyl (C=O) groups excluding carboxylic acids is 1. The van der Waals surface area contributed by atoms with E-state index in [1.807, 2.05) is 5.32 Å². The van der Waals surface area contributed by atoms with Crippen molar-refractivity contribution in [3.05, 3.63) is 34.6 Å². The monoisotopic (exact) mass is 268 g/mol. The average Bonchev–Trinajstić information content (AvgIpc) is 2.34. The van der Waals surface area contributed by atoms with Crippen LogP contribution >= 0.6 is 0 Å². The van der Waals surface area contributed by atoms with Crippen molar-refractivity contribution in [3.63, 3.8) is 0 Å². The molecule has 0 saturated heterocycles. The largest absolute Gasteiger partial charge is 0.352 e. The fourth-order valence-corrected chi connectivity index (χ4v) is 1.20. The molecule has 0 unspecified atom stereocenters. The molecule has 100 valence electrons. The molecule has 0 bridgehead atoms. The fourth-order valence-electron chi connectivity index (χ4n) is 1.20. The maximum atomic E-state index is 13.2. The first-order valence-corrected chi connectivity index (χ1v) is 4.91. The van der Waals surface area contributed by atoms with E-state index in [1.165, 1.54) is 0 Å². The number of benzene rings is 1.